The molecular formula is C8H10BrNO2. The van der Waals surface area contributed by atoms with Crippen LogP contribution < -0.4 is 0 Å². The third-order valence-electron chi connectivity index (χ3n) is 1.77. The summed E-state index contributed by atoms with van der Waals surface area (Å²) in [5, 5.41) is 0. The number of rotatable bonds is 3. The lowest BCUT2D eigenvalue weighted by atomic mass is 10.4. The van der Waals surface area contributed by atoms with E-state index in [9.17, 15) is 9.59 Å². The minimum atomic E-state index is -0.0775. The van der Waals surface area contributed by atoms with Gasteiger partial charge in [-0.2, -0.15) is 0 Å². The van der Waals surface area contributed by atoms with Crippen LogP contribution in [0.15, 0.2) is 12.7 Å². The average Bonchev–Trinajstić information content (AvgIpc) is 2.35. The van der Waals surface area contributed by atoms with Crippen LogP contribution in [-0.2, 0) is 9.59 Å². The lowest BCUT2D eigenvalue weighted by Gasteiger charge is -2.15. The molecule has 0 aromatic rings. The van der Waals surface area contributed by atoms with Crippen molar-refractivity contribution >= 4 is 27.7 Å². The summed E-state index contributed by atoms with van der Waals surface area (Å²) in [6.07, 6.45) is 2.38. The Bertz CT molecular complexity index is 211. The van der Waals surface area contributed by atoms with Crippen LogP contribution in [0.1, 0.15) is 12.8 Å². The first-order valence-corrected chi connectivity index (χ1v) is 4.66. The summed E-state index contributed by atoms with van der Waals surface area (Å²) in [6, 6.07) is 0. The zero-order valence-electron chi connectivity index (χ0n) is 6.62. The largest absolute Gasteiger partial charge is 0.281 e. The Labute approximate surface area is 79.5 Å². The van der Waals surface area contributed by atoms with Gasteiger partial charge in [0.05, 0.1) is 4.83 Å². The summed E-state index contributed by atoms with van der Waals surface area (Å²) >= 11 is 3.28. The zero-order chi connectivity index (χ0) is 9.14. The molecule has 1 unspecified atom stereocenters. The van der Waals surface area contributed by atoms with E-state index in [1.807, 2.05) is 0 Å². The van der Waals surface area contributed by atoms with Gasteiger partial charge in [0.2, 0.25) is 11.8 Å². The number of alkyl halides is 1. The number of nitrogens with zero attached hydrogens (tertiary/aromatic N) is 1. The van der Waals surface area contributed by atoms with Crippen molar-refractivity contribution in [2.75, 3.05) is 6.54 Å². The van der Waals surface area contributed by atoms with Gasteiger partial charge in [-0.25, -0.2) is 0 Å². The zero-order valence-corrected chi connectivity index (χ0v) is 8.21. The molecule has 12 heavy (non-hydrogen) atoms. The van der Waals surface area contributed by atoms with E-state index < -0.39 is 0 Å². The first-order chi connectivity index (χ1) is 5.65. The van der Waals surface area contributed by atoms with Crippen LogP contribution in [0.3, 0.4) is 0 Å². The van der Waals surface area contributed by atoms with Crippen molar-refractivity contribution in [1.82, 2.24) is 4.90 Å². The van der Waals surface area contributed by atoms with Crippen LogP contribution in [0.25, 0.3) is 0 Å². The lowest BCUT2D eigenvalue weighted by Crippen LogP contribution is -2.33. The molecule has 0 saturated carbocycles. The second kappa shape index (κ2) is 3.85. The quantitative estimate of drug-likeness (QED) is 0.415. The normalized spacial score (nSPS) is 19.9. The Kier molecular flexibility index (Phi) is 3.03. The molecule has 2 amide bonds. The number of hydrogen-bond acceptors (Lipinski definition) is 2. The maximum Gasteiger partial charge on any atom is 0.229 e. The Morgan fingerprint density at radius 3 is 2.42 bits per heavy atom. The second-order valence-electron chi connectivity index (χ2n) is 2.65. The molecule has 1 saturated heterocycles. The maximum absolute atomic E-state index is 11.1. The molecule has 4 heteroatoms. The summed E-state index contributed by atoms with van der Waals surface area (Å²) in [4.78, 5) is 23.5. The molecule has 3 nitrogen and oxygen atoms in total. The van der Waals surface area contributed by atoms with E-state index in [-0.39, 0.29) is 16.6 Å². The maximum atomic E-state index is 11.1. The molecule has 1 atom stereocenters. The Morgan fingerprint density at radius 2 is 2.00 bits per heavy atom. The molecule has 0 bridgehead atoms. The molecule has 1 heterocycles. The van der Waals surface area contributed by atoms with Gasteiger partial charge in [-0.15, -0.1) is 6.58 Å². The molecule has 0 spiro atoms. The highest BCUT2D eigenvalue weighted by molar-refractivity contribution is 9.09. The van der Waals surface area contributed by atoms with Crippen LogP contribution in [-0.4, -0.2) is 28.1 Å². The van der Waals surface area contributed by atoms with Gasteiger partial charge in [-0.3, -0.25) is 14.5 Å². The van der Waals surface area contributed by atoms with Gasteiger partial charge in [0, 0.05) is 19.4 Å². The molecule has 0 aliphatic carbocycles. The fraction of sp³-hybridized carbons (Fsp3) is 0.500. The minimum Gasteiger partial charge on any atom is -0.281 e. The smallest absolute Gasteiger partial charge is 0.229 e. The van der Waals surface area contributed by atoms with Gasteiger partial charge in [0.15, 0.2) is 0 Å². The molecule has 66 valence electrons. The van der Waals surface area contributed by atoms with Gasteiger partial charge < -0.3 is 0 Å². The van der Waals surface area contributed by atoms with Crippen LogP contribution in [0.5, 0.6) is 0 Å². The summed E-state index contributed by atoms with van der Waals surface area (Å²) in [5.74, 6) is -0.155. The first-order valence-electron chi connectivity index (χ1n) is 3.75. The van der Waals surface area contributed by atoms with E-state index in [2.05, 4.69) is 22.5 Å². The van der Waals surface area contributed by atoms with E-state index >= 15 is 0 Å². The number of hydrogen-bond donors (Lipinski definition) is 0. The van der Waals surface area contributed by atoms with Crippen LogP contribution in [0.2, 0.25) is 0 Å². The third-order valence-corrected chi connectivity index (χ3v) is 2.43. The highest BCUT2D eigenvalue weighted by Crippen LogP contribution is 2.14. The van der Waals surface area contributed by atoms with E-state index in [4.69, 9.17) is 0 Å². The van der Waals surface area contributed by atoms with E-state index in [1.54, 1.807) is 6.08 Å². The summed E-state index contributed by atoms with van der Waals surface area (Å²) in [7, 11) is 0. The van der Waals surface area contributed by atoms with Crippen molar-refractivity contribution in [3.8, 4) is 0 Å². The number of halogens is 1. The predicted molar refractivity (Wildman–Crippen MR) is 48.9 cm³/mol. The Morgan fingerprint density at radius 1 is 1.50 bits per heavy atom. The van der Waals surface area contributed by atoms with E-state index in [0.29, 0.717) is 19.4 Å². The van der Waals surface area contributed by atoms with Crippen LogP contribution in [0, 0.1) is 0 Å². The molecule has 1 aliphatic rings. The summed E-state index contributed by atoms with van der Waals surface area (Å²) in [5.41, 5.74) is 0. The van der Waals surface area contributed by atoms with Gasteiger partial charge in [0.1, 0.15) is 0 Å². The van der Waals surface area contributed by atoms with Gasteiger partial charge in [0.25, 0.3) is 0 Å². The Hall–Kier alpha value is -0.640. The number of likely N-dealkylation sites (tertiary alicyclic amines) is 1. The van der Waals surface area contributed by atoms with E-state index in [0.717, 1.165) is 0 Å². The predicted octanol–water partition coefficient (Wildman–Crippen LogP) is 1.08. The average molecular weight is 232 g/mol. The molecule has 1 rings (SSSR count). The molecule has 0 aromatic carbocycles. The SMILES string of the molecule is C=CC(Br)CN1C(=O)CCC1=O. The van der Waals surface area contributed by atoms with Crippen molar-refractivity contribution in [1.29, 1.82) is 0 Å². The fourth-order valence-electron chi connectivity index (χ4n) is 1.08. The molecule has 0 aromatic heterocycles. The number of amides is 2. The molecule has 0 N–H and O–H groups in total. The highest BCUT2D eigenvalue weighted by atomic mass is 79.9. The van der Waals surface area contributed by atoms with Crippen LogP contribution in [0.4, 0.5) is 0 Å². The molecule has 1 aliphatic heterocycles. The van der Waals surface area contributed by atoms with Crippen molar-refractivity contribution in [2.45, 2.75) is 17.7 Å². The summed E-state index contributed by atoms with van der Waals surface area (Å²) < 4.78 is 0. The minimum absolute atomic E-state index is 0.00324. The standard InChI is InChI=1S/C8H10BrNO2/c1-2-6(9)5-10-7(11)3-4-8(10)12/h2,6H,1,3-5H2. The van der Waals surface area contributed by atoms with Crippen molar-refractivity contribution < 1.29 is 9.59 Å². The van der Waals surface area contributed by atoms with Crippen molar-refractivity contribution in [3.63, 3.8) is 0 Å². The molecule has 0 radical (unpaired) electrons. The summed E-state index contributed by atoms with van der Waals surface area (Å²) in [6.45, 7) is 3.96. The number of carbonyl (C=O) groups excluding carboxylic acids is 2. The molecular weight excluding hydrogens is 222 g/mol. The number of carbonyl (C=O) groups is 2. The first kappa shape index (κ1) is 9.45. The van der Waals surface area contributed by atoms with Gasteiger partial charge in [-0.1, -0.05) is 22.0 Å². The number of imide groups is 1. The van der Waals surface area contributed by atoms with Gasteiger partial charge >= 0.3 is 0 Å². The lowest BCUT2D eigenvalue weighted by molar-refractivity contribution is -0.138. The van der Waals surface area contributed by atoms with Crippen molar-refractivity contribution in [3.05, 3.63) is 12.7 Å². The second-order valence-corrected chi connectivity index (χ2v) is 3.83. The topological polar surface area (TPSA) is 37.4 Å². The monoisotopic (exact) mass is 231 g/mol. The van der Waals surface area contributed by atoms with Crippen molar-refractivity contribution in [2.24, 2.45) is 0 Å². The fourth-order valence-corrected chi connectivity index (χ4v) is 1.37. The highest BCUT2D eigenvalue weighted by Gasteiger charge is 2.29. The Balaban J connectivity index is 2.55. The van der Waals surface area contributed by atoms with Gasteiger partial charge in [-0.05, 0) is 0 Å². The van der Waals surface area contributed by atoms with E-state index in [1.165, 1.54) is 4.90 Å². The molecule has 1 fully saturated rings. The third kappa shape index (κ3) is 1.94. The van der Waals surface area contributed by atoms with Crippen LogP contribution >= 0.6 is 15.9 Å².